The summed E-state index contributed by atoms with van der Waals surface area (Å²) < 4.78 is 46.7. The van der Waals surface area contributed by atoms with Gasteiger partial charge in [-0.25, -0.2) is 0 Å². The average molecular weight is 502 g/mol. The highest BCUT2D eigenvalue weighted by Crippen LogP contribution is 2.25. The fourth-order valence-corrected chi connectivity index (χ4v) is 24.5. The minimum atomic E-state index is -3.20. The molecule has 0 rings (SSSR count). The predicted octanol–water partition coefficient (Wildman–Crippen LogP) is 2.47. The maximum absolute atomic E-state index is 6.41. The van der Waals surface area contributed by atoms with Gasteiger partial charge in [-0.05, 0) is 58.1 Å². The molecule has 0 bridgehead atoms. The van der Waals surface area contributed by atoms with Crippen LogP contribution in [0.1, 0.15) is 0 Å². The Bertz CT molecular complexity index is 441. The quantitative estimate of drug-likeness (QED) is 0.317. The van der Waals surface area contributed by atoms with Crippen molar-refractivity contribution in [3.8, 4) is 0 Å². The molecule has 8 nitrogen and oxygen atoms in total. The van der Waals surface area contributed by atoms with Crippen LogP contribution in [0, 0.1) is 0 Å². The van der Waals surface area contributed by atoms with Gasteiger partial charge in [0.15, 0.2) is 9.04 Å². The molecule has 0 heterocycles. The van der Waals surface area contributed by atoms with Gasteiger partial charge in [0.25, 0.3) is 0 Å². The van der Waals surface area contributed by atoms with Gasteiger partial charge in [-0.15, -0.1) is 6.58 Å². The van der Waals surface area contributed by atoms with Gasteiger partial charge in [-0.3, -0.25) is 0 Å². The fraction of sp³-hybridized carbons (Fsp3) is 0.833. The number of hydrogen-bond donors (Lipinski definition) is 0. The van der Waals surface area contributed by atoms with Crippen molar-refractivity contribution >= 4 is 63.5 Å². The van der Waals surface area contributed by atoms with Crippen molar-refractivity contribution in [3.05, 3.63) is 12.3 Å². The summed E-state index contributed by atoms with van der Waals surface area (Å²) in [4.78, 5) is 0. The smallest absolute Gasteiger partial charge is 0.437 e. The Morgan fingerprint density at radius 3 is 1.52 bits per heavy atom. The monoisotopic (exact) mass is 501 g/mol. The van der Waals surface area contributed by atoms with Crippen LogP contribution in [-0.2, 0) is 33.5 Å². The first-order valence-electron chi connectivity index (χ1n) is 8.37. The van der Waals surface area contributed by atoms with Crippen LogP contribution >= 0.6 is 0 Å². The molecule has 0 spiro atoms. The largest absolute Gasteiger partial charge is 0.501 e. The van der Waals surface area contributed by atoms with Crippen molar-refractivity contribution in [1.82, 2.24) is 0 Å². The average Bonchev–Trinajstić information content (AvgIpc) is 2.45. The lowest BCUT2D eigenvalue weighted by molar-refractivity contribution is 0.209. The normalized spacial score (nSPS) is 14.0. The summed E-state index contributed by atoms with van der Waals surface area (Å²) in [5, 5.41) is 0. The van der Waals surface area contributed by atoms with Gasteiger partial charge in [0.1, 0.15) is 0 Å². The summed E-state index contributed by atoms with van der Waals surface area (Å²) in [6.45, 7) is 20.0. The van der Waals surface area contributed by atoms with E-state index in [-0.39, 0.29) is 20.0 Å². The second kappa shape index (κ2) is 12.0. The fourth-order valence-electron chi connectivity index (χ4n) is 2.47. The Labute approximate surface area is 175 Å². The second-order valence-electron chi connectivity index (χ2n) is 7.10. The Morgan fingerprint density at radius 2 is 1.15 bits per heavy atom. The molecule has 0 amide bonds. The van der Waals surface area contributed by atoms with Gasteiger partial charge in [0.05, 0.1) is 0 Å². The molecule has 0 aromatic heterocycles. The molecular weight excluding hydrogens is 469 g/mol. The molecule has 0 aliphatic heterocycles. The molecule has 0 aromatic carbocycles. The zero-order valence-electron chi connectivity index (χ0n) is 18.1. The van der Waals surface area contributed by atoms with Crippen molar-refractivity contribution in [2.75, 3.05) is 14.2 Å². The minimum Gasteiger partial charge on any atom is -0.437 e. The van der Waals surface area contributed by atoms with Gasteiger partial charge in [0.2, 0.25) is 0 Å². The van der Waals surface area contributed by atoms with E-state index in [9.17, 15) is 0 Å². The SMILES string of the molecule is C=C[Si](O[Si]OC)(O[Si]OC)O[Si](C)(C)O[Si](C)(C)O[Si](C)(C)O[Si](C)C. The van der Waals surface area contributed by atoms with E-state index < -0.39 is 43.5 Å². The van der Waals surface area contributed by atoms with Crippen LogP contribution in [0.25, 0.3) is 0 Å². The number of rotatable bonds is 15. The summed E-state index contributed by atoms with van der Waals surface area (Å²) in [6, 6.07) is 0. The molecular formula is C12H33O8Si7. The van der Waals surface area contributed by atoms with Crippen molar-refractivity contribution in [2.45, 2.75) is 52.4 Å². The molecule has 0 aromatic rings. The van der Waals surface area contributed by atoms with Gasteiger partial charge in [-0.1, -0.05) is 0 Å². The molecule has 0 aliphatic rings. The molecule has 0 saturated carbocycles. The summed E-state index contributed by atoms with van der Waals surface area (Å²) in [5.74, 6) is 0. The standard InChI is InChI=1S/C12H33O8Si7/c1-12-27(15-21-13-2,16-22-14-3)20-26(10,11)19-25(8,9)18-24(6,7)17-23(4)5/h12H,1H2,2-11H3. The first kappa shape index (κ1) is 27.9. The second-order valence-corrected chi connectivity index (χ2v) is 25.0. The van der Waals surface area contributed by atoms with Crippen LogP contribution in [-0.4, -0.2) is 77.8 Å². The van der Waals surface area contributed by atoms with Crippen molar-refractivity contribution in [2.24, 2.45) is 0 Å². The van der Waals surface area contributed by atoms with Crippen LogP contribution in [0.3, 0.4) is 0 Å². The van der Waals surface area contributed by atoms with Crippen LogP contribution in [0.5, 0.6) is 0 Å². The van der Waals surface area contributed by atoms with Crippen molar-refractivity contribution in [3.63, 3.8) is 0 Å². The highest BCUT2D eigenvalue weighted by molar-refractivity contribution is 6.89. The molecule has 0 aliphatic carbocycles. The Hall–Kier alpha value is 0.938. The van der Waals surface area contributed by atoms with E-state index in [4.69, 9.17) is 33.5 Å². The van der Waals surface area contributed by atoms with Crippen LogP contribution < -0.4 is 0 Å². The zero-order valence-corrected chi connectivity index (χ0v) is 25.1. The maximum Gasteiger partial charge on any atom is 0.501 e. The first-order valence-corrected chi connectivity index (χ1v) is 22.7. The van der Waals surface area contributed by atoms with Gasteiger partial charge >= 0.3 is 54.5 Å². The molecule has 0 unspecified atom stereocenters. The molecule has 0 saturated heterocycles. The lowest BCUT2D eigenvalue weighted by atomic mass is 11.3. The highest BCUT2D eigenvalue weighted by atomic mass is 28.5. The highest BCUT2D eigenvalue weighted by Gasteiger charge is 2.49. The zero-order chi connectivity index (χ0) is 21.4. The molecule has 15 heteroatoms. The molecule has 5 radical (unpaired) electrons. The molecule has 27 heavy (non-hydrogen) atoms. The van der Waals surface area contributed by atoms with E-state index in [1.807, 2.05) is 39.3 Å². The van der Waals surface area contributed by atoms with E-state index in [1.54, 1.807) is 19.9 Å². The van der Waals surface area contributed by atoms with E-state index >= 15 is 0 Å². The summed E-state index contributed by atoms with van der Waals surface area (Å²) in [7, 11) is -8.87. The molecule has 0 N–H and O–H groups in total. The van der Waals surface area contributed by atoms with Gasteiger partial charge in [0, 0.05) is 14.2 Å². The van der Waals surface area contributed by atoms with Crippen molar-refractivity contribution < 1.29 is 33.5 Å². The van der Waals surface area contributed by atoms with E-state index in [2.05, 4.69) is 19.7 Å². The Morgan fingerprint density at radius 1 is 0.741 bits per heavy atom. The summed E-state index contributed by atoms with van der Waals surface area (Å²) in [5.41, 5.74) is 1.57. The van der Waals surface area contributed by atoms with Crippen LogP contribution in [0.4, 0.5) is 0 Å². The molecule has 157 valence electrons. The Kier molecular flexibility index (Phi) is 12.4. The third kappa shape index (κ3) is 12.3. The van der Waals surface area contributed by atoms with Crippen LogP contribution in [0.15, 0.2) is 12.3 Å². The topological polar surface area (TPSA) is 73.8 Å². The molecule has 0 fully saturated rings. The summed E-state index contributed by atoms with van der Waals surface area (Å²) in [6.07, 6.45) is 0. The van der Waals surface area contributed by atoms with E-state index in [1.165, 1.54) is 0 Å². The first-order chi connectivity index (χ1) is 12.2. The summed E-state index contributed by atoms with van der Waals surface area (Å²) >= 11 is 0. The van der Waals surface area contributed by atoms with E-state index in [0.717, 1.165) is 0 Å². The lowest BCUT2D eigenvalue weighted by Gasteiger charge is -2.40. The van der Waals surface area contributed by atoms with E-state index in [0.29, 0.717) is 0 Å². The maximum atomic E-state index is 6.41. The third-order valence-electron chi connectivity index (χ3n) is 2.61. The molecule has 0 atom stereocenters. The van der Waals surface area contributed by atoms with Gasteiger partial charge in [-0.2, -0.15) is 0 Å². The lowest BCUT2D eigenvalue weighted by Crippen LogP contribution is -2.60. The minimum absolute atomic E-state index is 0.227. The Balaban J connectivity index is 5.24. The third-order valence-corrected chi connectivity index (χ3v) is 21.0. The predicted molar refractivity (Wildman–Crippen MR) is 118 cm³/mol. The van der Waals surface area contributed by atoms with Gasteiger partial charge < -0.3 is 33.5 Å². The number of hydrogen-bond acceptors (Lipinski definition) is 8. The van der Waals surface area contributed by atoms with Crippen LogP contribution in [0.2, 0.25) is 52.4 Å². The van der Waals surface area contributed by atoms with Crippen molar-refractivity contribution in [1.29, 1.82) is 0 Å².